The molecule has 30 heavy (non-hydrogen) atoms. The molecule has 0 spiro atoms. The van der Waals surface area contributed by atoms with Crippen molar-refractivity contribution in [1.82, 2.24) is 0 Å². The van der Waals surface area contributed by atoms with Crippen LogP contribution in [0.2, 0.25) is 0 Å². The number of rotatable bonds is 10. The molecule has 166 valence electrons. The van der Waals surface area contributed by atoms with Crippen LogP contribution in [-0.2, 0) is 10.1 Å². The van der Waals surface area contributed by atoms with E-state index >= 15 is 0 Å². The zero-order valence-corrected chi connectivity index (χ0v) is 17.2. The monoisotopic (exact) mass is 450 g/mol. The fourth-order valence-corrected chi connectivity index (χ4v) is 3.27. The Morgan fingerprint density at radius 2 is 1.40 bits per heavy atom. The molecule has 0 heterocycles. The van der Waals surface area contributed by atoms with Gasteiger partial charge in [0.2, 0.25) is 11.6 Å². The van der Waals surface area contributed by atoms with Crippen molar-refractivity contribution in [3.05, 3.63) is 53.1 Å². The summed E-state index contributed by atoms with van der Waals surface area (Å²) in [6.45, 7) is 4.20. The van der Waals surface area contributed by atoms with Crippen LogP contribution in [0.15, 0.2) is 29.2 Å². The number of benzene rings is 2. The largest absolute Gasteiger partial charge is 0.494 e. The van der Waals surface area contributed by atoms with Crippen LogP contribution in [0.4, 0.5) is 17.6 Å². The number of ether oxygens (including phenoxy) is 2. The smallest absolute Gasteiger partial charge is 0.300 e. The Balaban J connectivity index is 1.88. The fraction of sp³-hybridized carbons (Fsp3) is 0.400. The van der Waals surface area contributed by atoms with Crippen LogP contribution < -0.4 is 9.47 Å². The van der Waals surface area contributed by atoms with Crippen molar-refractivity contribution in [2.45, 2.75) is 43.9 Å². The molecular weight excluding hydrogens is 428 g/mol. The molecule has 1 atom stereocenters. The van der Waals surface area contributed by atoms with Crippen LogP contribution in [-0.4, -0.2) is 26.2 Å². The van der Waals surface area contributed by atoms with Gasteiger partial charge in [-0.05, 0) is 42.9 Å². The number of hydrogen-bond acceptors (Lipinski definition) is 4. The van der Waals surface area contributed by atoms with Gasteiger partial charge in [-0.3, -0.25) is 4.55 Å². The molecular formula is C20H22F4O5S. The lowest BCUT2D eigenvalue weighted by Crippen LogP contribution is -2.13. The van der Waals surface area contributed by atoms with Gasteiger partial charge in [0.25, 0.3) is 0 Å². The summed E-state index contributed by atoms with van der Waals surface area (Å²) in [5.41, 5.74) is 1.20. The molecule has 1 N–H and O–H groups in total. The predicted octanol–water partition coefficient (Wildman–Crippen LogP) is 5.24. The Morgan fingerprint density at radius 1 is 0.900 bits per heavy atom. The molecule has 0 fully saturated rings. The van der Waals surface area contributed by atoms with Crippen LogP contribution >= 0.6 is 0 Å². The summed E-state index contributed by atoms with van der Waals surface area (Å²) < 4.78 is 95.9. The zero-order valence-electron chi connectivity index (χ0n) is 16.4. The van der Waals surface area contributed by atoms with E-state index in [1.54, 1.807) is 0 Å². The summed E-state index contributed by atoms with van der Waals surface area (Å²) in [5.74, 6) is -8.88. The maximum absolute atomic E-state index is 13.8. The second-order valence-electron chi connectivity index (χ2n) is 6.67. The van der Waals surface area contributed by atoms with E-state index in [9.17, 15) is 26.0 Å². The van der Waals surface area contributed by atoms with Gasteiger partial charge in [0, 0.05) is 0 Å². The highest BCUT2D eigenvalue weighted by molar-refractivity contribution is 7.85. The average Bonchev–Trinajstić information content (AvgIpc) is 2.70. The Hall–Kier alpha value is -2.33. The van der Waals surface area contributed by atoms with E-state index in [-0.39, 0.29) is 19.6 Å². The Morgan fingerprint density at radius 3 is 1.87 bits per heavy atom. The molecule has 0 saturated carbocycles. The fourth-order valence-electron chi connectivity index (χ4n) is 2.64. The van der Waals surface area contributed by atoms with Crippen molar-refractivity contribution in [3.8, 4) is 11.5 Å². The quantitative estimate of drug-likeness (QED) is 0.232. The number of halogens is 4. The van der Waals surface area contributed by atoms with Crippen molar-refractivity contribution in [1.29, 1.82) is 0 Å². The first-order valence-electron chi connectivity index (χ1n) is 9.26. The van der Waals surface area contributed by atoms with Crippen molar-refractivity contribution >= 4 is 10.1 Å². The SMILES string of the molecule is CCC(C)c1ccc(OCCCCOc2c(F)c(F)c(S(=O)(=O)O)c(F)c2F)cc1. The van der Waals surface area contributed by atoms with E-state index in [4.69, 9.17) is 14.0 Å². The Kier molecular flexibility index (Phi) is 8.08. The summed E-state index contributed by atoms with van der Waals surface area (Å²) in [6.07, 6.45) is 1.69. The minimum Gasteiger partial charge on any atom is -0.494 e. The summed E-state index contributed by atoms with van der Waals surface area (Å²) in [4.78, 5) is -2.10. The van der Waals surface area contributed by atoms with Crippen LogP contribution in [0, 0.1) is 23.3 Å². The first-order valence-corrected chi connectivity index (χ1v) is 10.7. The minimum absolute atomic E-state index is 0.243. The van der Waals surface area contributed by atoms with Crippen LogP contribution in [0.3, 0.4) is 0 Å². The van der Waals surface area contributed by atoms with Crippen molar-refractivity contribution in [2.24, 2.45) is 0 Å². The third-order valence-electron chi connectivity index (χ3n) is 4.56. The van der Waals surface area contributed by atoms with Gasteiger partial charge in [0.05, 0.1) is 13.2 Å². The minimum atomic E-state index is -5.50. The van der Waals surface area contributed by atoms with E-state index in [1.165, 1.54) is 5.56 Å². The summed E-state index contributed by atoms with van der Waals surface area (Å²) >= 11 is 0. The van der Waals surface area contributed by atoms with Gasteiger partial charge in [0.15, 0.2) is 22.3 Å². The molecule has 0 aliphatic carbocycles. The molecule has 0 aromatic heterocycles. The van der Waals surface area contributed by atoms with Gasteiger partial charge < -0.3 is 9.47 Å². The third-order valence-corrected chi connectivity index (χ3v) is 5.43. The van der Waals surface area contributed by atoms with Gasteiger partial charge in [-0.1, -0.05) is 26.0 Å². The van der Waals surface area contributed by atoms with Crippen LogP contribution in [0.5, 0.6) is 11.5 Å². The lowest BCUT2D eigenvalue weighted by atomic mass is 9.99. The highest BCUT2D eigenvalue weighted by Gasteiger charge is 2.33. The highest BCUT2D eigenvalue weighted by atomic mass is 32.2. The van der Waals surface area contributed by atoms with Crippen molar-refractivity contribution < 1.29 is 40.0 Å². The highest BCUT2D eigenvalue weighted by Crippen LogP contribution is 2.32. The zero-order chi connectivity index (χ0) is 22.5. The molecule has 2 rings (SSSR count). The van der Waals surface area contributed by atoms with Gasteiger partial charge >= 0.3 is 10.1 Å². The molecule has 2 aromatic carbocycles. The molecule has 10 heteroatoms. The maximum atomic E-state index is 13.8. The predicted molar refractivity (Wildman–Crippen MR) is 101 cm³/mol. The Labute approximate surface area is 172 Å². The molecule has 0 amide bonds. The third kappa shape index (κ3) is 5.63. The molecule has 0 radical (unpaired) electrons. The van der Waals surface area contributed by atoms with Crippen molar-refractivity contribution in [3.63, 3.8) is 0 Å². The summed E-state index contributed by atoms with van der Waals surface area (Å²) in [7, 11) is -5.50. The second kappa shape index (κ2) is 10.1. The second-order valence-corrected chi connectivity index (χ2v) is 8.03. The van der Waals surface area contributed by atoms with Gasteiger partial charge in [-0.15, -0.1) is 0 Å². The lowest BCUT2D eigenvalue weighted by molar-refractivity contribution is 0.242. The van der Waals surface area contributed by atoms with E-state index in [2.05, 4.69) is 13.8 Å². The number of unbranched alkanes of at least 4 members (excludes halogenated alkanes) is 1. The average molecular weight is 450 g/mol. The van der Waals surface area contributed by atoms with E-state index in [0.717, 1.165) is 6.42 Å². The van der Waals surface area contributed by atoms with Gasteiger partial charge in [0.1, 0.15) is 5.75 Å². The van der Waals surface area contributed by atoms with E-state index in [0.29, 0.717) is 18.1 Å². The molecule has 5 nitrogen and oxygen atoms in total. The van der Waals surface area contributed by atoms with Gasteiger partial charge in [-0.25, -0.2) is 8.78 Å². The maximum Gasteiger partial charge on any atom is 0.300 e. The van der Waals surface area contributed by atoms with Crippen LogP contribution in [0.25, 0.3) is 0 Å². The molecule has 0 saturated heterocycles. The normalized spacial score (nSPS) is 12.6. The van der Waals surface area contributed by atoms with Crippen LogP contribution in [0.1, 0.15) is 44.6 Å². The summed E-state index contributed by atoms with van der Waals surface area (Å²) in [6, 6.07) is 7.62. The van der Waals surface area contributed by atoms with E-state index < -0.39 is 44.0 Å². The van der Waals surface area contributed by atoms with E-state index in [1.807, 2.05) is 24.3 Å². The summed E-state index contributed by atoms with van der Waals surface area (Å²) in [5, 5.41) is 0. The molecule has 2 aromatic rings. The Bertz CT molecular complexity index is 949. The van der Waals surface area contributed by atoms with Gasteiger partial charge in [-0.2, -0.15) is 17.2 Å². The topological polar surface area (TPSA) is 72.8 Å². The lowest BCUT2D eigenvalue weighted by Gasteiger charge is -2.12. The molecule has 1 unspecified atom stereocenters. The standard InChI is InChI=1S/C20H22F4O5S/c1-3-12(2)13-6-8-14(9-7-13)28-10-4-5-11-29-19-15(21)17(23)20(30(25,26)27)18(24)16(19)22/h6-9,12H,3-5,10-11H2,1-2H3,(H,25,26,27). The molecule has 0 aliphatic rings. The molecule has 0 aliphatic heterocycles. The molecule has 0 bridgehead atoms. The first-order chi connectivity index (χ1) is 14.1. The van der Waals surface area contributed by atoms with Crippen molar-refractivity contribution in [2.75, 3.05) is 13.2 Å². The number of hydrogen-bond donors (Lipinski definition) is 1. The first kappa shape index (κ1) is 23.9.